The van der Waals surface area contributed by atoms with E-state index in [0.717, 1.165) is 5.56 Å². The maximum atomic E-state index is 13.0. The smallest absolute Gasteiger partial charge is 0.374 e. The molecule has 5 nitrogen and oxygen atoms in total. The van der Waals surface area contributed by atoms with Crippen LogP contribution >= 0.6 is 0 Å². The molecule has 3 aromatic rings. The van der Waals surface area contributed by atoms with Crippen molar-refractivity contribution in [2.45, 2.75) is 13.2 Å². The predicted octanol–water partition coefficient (Wildman–Crippen LogP) is 3.90. The van der Waals surface area contributed by atoms with Crippen LogP contribution in [0.5, 0.6) is 0 Å². The molecule has 1 N–H and O–H groups in total. The Kier molecular flexibility index (Phi) is 4.67. The minimum atomic E-state index is -1.24. The number of aromatic nitrogens is 1. The van der Waals surface area contributed by atoms with Gasteiger partial charge in [-0.2, -0.15) is 0 Å². The third-order valence-electron chi connectivity index (χ3n) is 3.32. The molecule has 0 atom stereocenters. The fraction of sp³-hybridized carbons (Fsp3) is 0.111. The Balaban J connectivity index is 1.76. The van der Waals surface area contributed by atoms with Crippen molar-refractivity contribution in [1.82, 2.24) is 4.98 Å². The van der Waals surface area contributed by atoms with E-state index >= 15 is 0 Å². The third-order valence-corrected chi connectivity index (χ3v) is 3.32. The molecule has 0 aliphatic rings. The van der Waals surface area contributed by atoms with Crippen molar-refractivity contribution >= 4 is 5.97 Å². The maximum Gasteiger partial charge on any atom is 0.374 e. The molecule has 0 fully saturated rings. The van der Waals surface area contributed by atoms with E-state index < -0.39 is 11.8 Å². The summed E-state index contributed by atoms with van der Waals surface area (Å²) in [5, 5.41) is 9.25. The molecular weight excluding hydrogens is 313 g/mol. The average Bonchev–Trinajstić information content (AvgIpc) is 3.01. The molecule has 0 saturated carbocycles. The summed E-state index contributed by atoms with van der Waals surface area (Å²) in [7, 11) is 0. The van der Waals surface area contributed by atoms with Gasteiger partial charge in [0.05, 0.1) is 6.61 Å². The SMILES string of the molecule is O=C(O)c1oc(COCc2ccccc2)nc1-c1ccc(F)cc1. The lowest BCUT2D eigenvalue weighted by Gasteiger charge is -2.01. The fourth-order valence-electron chi connectivity index (χ4n) is 2.20. The van der Waals surface area contributed by atoms with Gasteiger partial charge in [0.15, 0.2) is 0 Å². The Morgan fingerprint density at radius 2 is 1.79 bits per heavy atom. The Bertz CT molecular complexity index is 828. The molecule has 0 aliphatic heterocycles. The van der Waals surface area contributed by atoms with E-state index in [9.17, 15) is 14.3 Å². The number of halogens is 1. The van der Waals surface area contributed by atoms with E-state index in [4.69, 9.17) is 9.15 Å². The lowest BCUT2D eigenvalue weighted by Crippen LogP contribution is -1.96. The van der Waals surface area contributed by atoms with Gasteiger partial charge in [-0.1, -0.05) is 30.3 Å². The van der Waals surface area contributed by atoms with Crippen LogP contribution in [0.3, 0.4) is 0 Å². The van der Waals surface area contributed by atoms with Crippen LogP contribution < -0.4 is 0 Å². The van der Waals surface area contributed by atoms with Gasteiger partial charge in [0.1, 0.15) is 18.1 Å². The zero-order chi connectivity index (χ0) is 16.9. The molecular formula is C18H14FNO4. The lowest BCUT2D eigenvalue weighted by atomic mass is 10.1. The second-order valence-electron chi connectivity index (χ2n) is 5.08. The molecule has 2 aromatic carbocycles. The van der Waals surface area contributed by atoms with Crippen molar-refractivity contribution < 1.29 is 23.4 Å². The van der Waals surface area contributed by atoms with Gasteiger partial charge in [0, 0.05) is 5.56 Å². The first kappa shape index (κ1) is 15.9. The molecule has 0 saturated heterocycles. The Hall–Kier alpha value is -2.99. The van der Waals surface area contributed by atoms with Gasteiger partial charge in [-0.05, 0) is 29.8 Å². The van der Waals surface area contributed by atoms with Crippen LogP contribution in [0.15, 0.2) is 59.0 Å². The van der Waals surface area contributed by atoms with Crippen LogP contribution in [0.1, 0.15) is 22.0 Å². The molecule has 6 heteroatoms. The number of rotatable bonds is 6. The summed E-state index contributed by atoms with van der Waals surface area (Å²) in [6, 6.07) is 14.9. The predicted molar refractivity (Wildman–Crippen MR) is 83.8 cm³/mol. The van der Waals surface area contributed by atoms with Crippen LogP contribution in [-0.4, -0.2) is 16.1 Å². The fourth-order valence-corrected chi connectivity index (χ4v) is 2.20. The molecule has 0 amide bonds. The molecule has 1 aromatic heterocycles. The van der Waals surface area contributed by atoms with Crippen LogP contribution in [0.2, 0.25) is 0 Å². The van der Waals surface area contributed by atoms with Crippen molar-refractivity contribution in [1.29, 1.82) is 0 Å². The highest BCUT2D eigenvalue weighted by atomic mass is 19.1. The van der Waals surface area contributed by atoms with E-state index in [1.165, 1.54) is 24.3 Å². The number of nitrogens with zero attached hydrogens (tertiary/aromatic N) is 1. The van der Waals surface area contributed by atoms with Gasteiger partial charge >= 0.3 is 5.97 Å². The summed E-state index contributed by atoms with van der Waals surface area (Å²) >= 11 is 0. The van der Waals surface area contributed by atoms with E-state index in [-0.39, 0.29) is 24.0 Å². The van der Waals surface area contributed by atoms with E-state index in [1.54, 1.807) is 0 Å². The first-order valence-corrected chi connectivity index (χ1v) is 7.24. The van der Waals surface area contributed by atoms with Gasteiger partial charge < -0.3 is 14.3 Å². The van der Waals surface area contributed by atoms with Gasteiger partial charge in [0.25, 0.3) is 0 Å². The van der Waals surface area contributed by atoms with Gasteiger partial charge in [-0.25, -0.2) is 14.2 Å². The second-order valence-corrected chi connectivity index (χ2v) is 5.08. The largest absolute Gasteiger partial charge is 0.475 e. The van der Waals surface area contributed by atoms with E-state index in [1.807, 2.05) is 30.3 Å². The van der Waals surface area contributed by atoms with Crippen molar-refractivity contribution in [3.63, 3.8) is 0 Å². The Morgan fingerprint density at radius 3 is 2.46 bits per heavy atom. The van der Waals surface area contributed by atoms with Crippen LogP contribution in [0.25, 0.3) is 11.3 Å². The topological polar surface area (TPSA) is 72.6 Å². The summed E-state index contributed by atoms with van der Waals surface area (Å²) in [6.45, 7) is 0.397. The number of hydrogen-bond donors (Lipinski definition) is 1. The number of oxazole rings is 1. The molecule has 0 aliphatic carbocycles. The zero-order valence-corrected chi connectivity index (χ0v) is 12.6. The van der Waals surface area contributed by atoms with Crippen molar-refractivity contribution in [3.8, 4) is 11.3 Å². The highest BCUT2D eigenvalue weighted by Crippen LogP contribution is 2.25. The van der Waals surface area contributed by atoms with Gasteiger partial charge in [-0.15, -0.1) is 0 Å². The quantitative estimate of drug-likeness (QED) is 0.743. The monoisotopic (exact) mass is 327 g/mol. The molecule has 0 spiro atoms. The minimum absolute atomic E-state index is 0.0381. The number of carboxylic acids is 1. The number of carboxylic acid groups (broad SMARTS) is 1. The highest BCUT2D eigenvalue weighted by Gasteiger charge is 2.21. The molecule has 24 heavy (non-hydrogen) atoms. The van der Waals surface area contributed by atoms with Crippen LogP contribution in [0.4, 0.5) is 4.39 Å². The van der Waals surface area contributed by atoms with E-state index in [0.29, 0.717) is 12.2 Å². The van der Waals surface area contributed by atoms with Crippen LogP contribution in [-0.2, 0) is 18.0 Å². The molecule has 122 valence electrons. The molecule has 0 unspecified atom stereocenters. The summed E-state index contributed by atoms with van der Waals surface area (Å²) in [5.41, 5.74) is 1.61. The number of carbonyl (C=O) groups is 1. The van der Waals surface area contributed by atoms with E-state index in [2.05, 4.69) is 4.98 Å². The number of hydrogen-bond acceptors (Lipinski definition) is 4. The van der Waals surface area contributed by atoms with Gasteiger partial charge in [-0.3, -0.25) is 0 Å². The molecule has 1 heterocycles. The highest BCUT2D eigenvalue weighted by molar-refractivity contribution is 5.91. The summed E-state index contributed by atoms with van der Waals surface area (Å²) in [4.78, 5) is 15.5. The normalized spacial score (nSPS) is 10.7. The Labute approximate surface area is 137 Å². The number of ether oxygens (including phenoxy) is 1. The number of aromatic carboxylic acids is 1. The number of benzene rings is 2. The second kappa shape index (κ2) is 7.06. The van der Waals surface area contributed by atoms with Crippen molar-refractivity contribution in [2.75, 3.05) is 0 Å². The average molecular weight is 327 g/mol. The third kappa shape index (κ3) is 3.67. The lowest BCUT2D eigenvalue weighted by molar-refractivity contribution is 0.0639. The summed E-state index contributed by atoms with van der Waals surface area (Å²) < 4.78 is 23.8. The first-order valence-electron chi connectivity index (χ1n) is 7.24. The van der Waals surface area contributed by atoms with Gasteiger partial charge in [0.2, 0.25) is 11.7 Å². The summed E-state index contributed by atoms with van der Waals surface area (Å²) in [5.74, 6) is -1.79. The first-order chi connectivity index (χ1) is 11.6. The van der Waals surface area contributed by atoms with Crippen molar-refractivity contribution in [3.05, 3.63) is 77.6 Å². The zero-order valence-electron chi connectivity index (χ0n) is 12.6. The Morgan fingerprint density at radius 1 is 1.08 bits per heavy atom. The minimum Gasteiger partial charge on any atom is -0.475 e. The van der Waals surface area contributed by atoms with Crippen LogP contribution in [0, 0.1) is 5.82 Å². The van der Waals surface area contributed by atoms with Crippen molar-refractivity contribution in [2.24, 2.45) is 0 Å². The standard InChI is InChI=1S/C18H14FNO4/c19-14-8-6-13(7-9-14)16-17(18(21)22)24-15(20-16)11-23-10-12-4-2-1-3-5-12/h1-9H,10-11H2,(H,21,22). The molecule has 0 bridgehead atoms. The summed E-state index contributed by atoms with van der Waals surface area (Å²) in [6.07, 6.45) is 0. The maximum absolute atomic E-state index is 13.0. The molecule has 0 radical (unpaired) electrons. The molecule has 3 rings (SSSR count).